The van der Waals surface area contributed by atoms with Crippen molar-refractivity contribution in [3.05, 3.63) is 35.7 Å². The molecule has 2 aromatic rings. The van der Waals surface area contributed by atoms with Crippen LogP contribution in [0.15, 0.2) is 22.6 Å². The fourth-order valence-corrected chi connectivity index (χ4v) is 1.59. The Balaban J connectivity index is 2.49. The van der Waals surface area contributed by atoms with Crippen molar-refractivity contribution >= 4 is 0 Å². The number of nitrogens with zero attached hydrogens (tertiary/aromatic N) is 1. The highest BCUT2D eigenvalue weighted by Crippen LogP contribution is 2.29. The molecule has 4 heteroatoms. The minimum absolute atomic E-state index is 0.191. The van der Waals surface area contributed by atoms with Crippen molar-refractivity contribution in [1.82, 2.24) is 4.98 Å². The van der Waals surface area contributed by atoms with Crippen LogP contribution in [0, 0.1) is 12.7 Å². The molecular weight excluding hydrogens is 221 g/mol. The summed E-state index contributed by atoms with van der Waals surface area (Å²) >= 11 is 0. The number of aromatic hydroxyl groups is 1. The highest BCUT2D eigenvalue weighted by Gasteiger charge is 2.15. The first-order chi connectivity index (χ1) is 7.99. The number of hydrogen-bond donors (Lipinski definition) is 1. The molecule has 0 aliphatic carbocycles. The molecule has 1 aromatic heterocycles. The summed E-state index contributed by atoms with van der Waals surface area (Å²) in [6, 6.07) is 4.14. The van der Waals surface area contributed by atoms with E-state index in [4.69, 9.17) is 4.42 Å². The van der Waals surface area contributed by atoms with Gasteiger partial charge in [-0.05, 0) is 25.1 Å². The average Bonchev–Trinajstić information content (AvgIpc) is 2.65. The van der Waals surface area contributed by atoms with Crippen LogP contribution < -0.4 is 0 Å². The lowest BCUT2D eigenvalue weighted by Crippen LogP contribution is -1.87. The predicted octanol–water partition coefficient (Wildman–Crippen LogP) is 3.62. The standard InChI is InChI=1S/C13H14FNO2/c1-7(2)13-15-12(8(3)17-13)9-4-5-10(14)11(16)6-9/h4-7,16H,1-3H3. The van der Waals surface area contributed by atoms with E-state index in [-0.39, 0.29) is 11.7 Å². The maximum Gasteiger partial charge on any atom is 0.197 e. The van der Waals surface area contributed by atoms with Crippen LogP contribution in [-0.2, 0) is 0 Å². The van der Waals surface area contributed by atoms with Gasteiger partial charge in [0, 0.05) is 11.5 Å². The Hall–Kier alpha value is -1.84. The highest BCUT2D eigenvalue weighted by molar-refractivity contribution is 5.63. The first kappa shape index (κ1) is 11.6. The third-order valence-corrected chi connectivity index (χ3v) is 2.53. The SMILES string of the molecule is Cc1oc(C(C)C)nc1-c1ccc(F)c(O)c1. The number of halogens is 1. The molecule has 0 fully saturated rings. The van der Waals surface area contributed by atoms with Gasteiger partial charge in [0.25, 0.3) is 0 Å². The van der Waals surface area contributed by atoms with Gasteiger partial charge in [-0.3, -0.25) is 0 Å². The molecule has 1 N–H and O–H groups in total. The van der Waals surface area contributed by atoms with Gasteiger partial charge in [0.15, 0.2) is 17.5 Å². The Bertz CT molecular complexity index is 546. The van der Waals surface area contributed by atoms with Gasteiger partial charge in [-0.2, -0.15) is 0 Å². The lowest BCUT2D eigenvalue weighted by Gasteiger charge is -1.99. The lowest BCUT2D eigenvalue weighted by atomic mass is 10.1. The fraction of sp³-hybridized carbons (Fsp3) is 0.308. The monoisotopic (exact) mass is 235 g/mol. The summed E-state index contributed by atoms with van der Waals surface area (Å²) in [5.41, 5.74) is 1.29. The molecule has 1 heterocycles. The number of aromatic nitrogens is 1. The maximum absolute atomic E-state index is 13.0. The number of benzene rings is 1. The molecule has 0 atom stereocenters. The Morgan fingerprint density at radius 2 is 2.06 bits per heavy atom. The van der Waals surface area contributed by atoms with Crippen LogP contribution in [0.5, 0.6) is 5.75 Å². The number of hydrogen-bond acceptors (Lipinski definition) is 3. The van der Waals surface area contributed by atoms with E-state index in [0.717, 1.165) is 0 Å². The van der Waals surface area contributed by atoms with Crippen LogP contribution in [0.3, 0.4) is 0 Å². The molecule has 0 bridgehead atoms. The van der Waals surface area contributed by atoms with Crippen LogP contribution in [0.1, 0.15) is 31.4 Å². The second kappa shape index (κ2) is 4.20. The first-order valence-corrected chi connectivity index (χ1v) is 5.45. The second-order valence-corrected chi connectivity index (χ2v) is 4.28. The summed E-state index contributed by atoms with van der Waals surface area (Å²) < 4.78 is 18.5. The summed E-state index contributed by atoms with van der Waals surface area (Å²) in [4.78, 5) is 4.35. The minimum Gasteiger partial charge on any atom is -0.505 e. The number of oxazole rings is 1. The normalized spacial score (nSPS) is 11.1. The summed E-state index contributed by atoms with van der Waals surface area (Å²) in [6.45, 7) is 5.77. The van der Waals surface area contributed by atoms with Crippen molar-refractivity contribution < 1.29 is 13.9 Å². The molecule has 3 nitrogen and oxygen atoms in total. The third kappa shape index (κ3) is 2.16. The van der Waals surface area contributed by atoms with E-state index in [1.54, 1.807) is 13.0 Å². The van der Waals surface area contributed by atoms with Crippen molar-refractivity contribution in [3.63, 3.8) is 0 Å². The molecule has 2 rings (SSSR count). The fourth-order valence-electron chi connectivity index (χ4n) is 1.59. The van der Waals surface area contributed by atoms with Crippen molar-refractivity contribution in [3.8, 4) is 17.0 Å². The van der Waals surface area contributed by atoms with Gasteiger partial charge in [0.05, 0.1) is 0 Å². The van der Waals surface area contributed by atoms with E-state index >= 15 is 0 Å². The molecule has 0 unspecified atom stereocenters. The molecule has 0 radical (unpaired) electrons. The number of phenolic OH excluding ortho intramolecular Hbond substituents is 1. The van der Waals surface area contributed by atoms with E-state index < -0.39 is 5.82 Å². The number of rotatable bonds is 2. The van der Waals surface area contributed by atoms with Crippen LogP contribution in [0.2, 0.25) is 0 Å². The molecule has 0 saturated carbocycles. The Morgan fingerprint density at radius 3 is 2.59 bits per heavy atom. The first-order valence-electron chi connectivity index (χ1n) is 5.45. The topological polar surface area (TPSA) is 46.3 Å². The maximum atomic E-state index is 13.0. The van der Waals surface area contributed by atoms with E-state index in [0.29, 0.717) is 22.9 Å². The highest BCUT2D eigenvalue weighted by atomic mass is 19.1. The van der Waals surface area contributed by atoms with Gasteiger partial charge < -0.3 is 9.52 Å². The van der Waals surface area contributed by atoms with Crippen LogP contribution in [-0.4, -0.2) is 10.1 Å². The summed E-state index contributed by atoms with van der Waals surface area (Å²) in [7, 11) is 0. The summed E-state index contributed by atoms with van der Waals surface area (Å²) in [5.74, 6) is 0.479. The number of aryl methyl sites for hydroxylation is 1. The molecule has 0 saturated heterocycles. The van der Waals surface area contributed by atoms with Crippen molar-refractivity contribution in [1.29, 1.82) is 0 Å². The van der Waals surface area contributed by atoms with Crippen LogP contribution in [0.25, 0.3) is 11.3 Å². The average molecular weight is 235 g/mol. The van der Waals surface area contributed by atoms with Crippen LogP contribution in [0.4, 0.5) is 4.39 Å². The van der Waals surface area contributed by atoms with Crippen LogP contribution >= 0.6 is 0 Å². The quantitative estimate of drug-likeness (QED) is 0.864. The molecule has 0 aliphatic heterocycles. The molecule has 1 aromatic carbocycles. The van der Waals surface area contributed by atoms with E-state index in [9.17, 15) is 9.50 Å². The molecule has 90 valence electrons. The smallest absolute Gasteiger partial charge is 0.197 e. The second-order valence-electron chi connectivity index (χ2n) is 4.28. The Morgan fingerprint density at radius 1 is 1.35 bits per heavy atom. The van der Waals surface area contributed by atoms with Gasteiger partial charge in [-0.1, -0.05) is 13.8 Å². The zero-order chi connectivity index (χ0) is 12.6. The lowest BCUT2D eigenvalue weighted by molar-refractivity contribution is 0.432. The minimum atomic E-state index is -0.640. The molecule has 0 spiro atoms. The predicted molar refractivity (Wildman–Crippen MR) is 62.4 cm³/mol. The van der Waals surface area contributed by atoms with Gasteiger partial charge >= 0.3 is 0 Å². The number of phenols is 1. The van der Waals surface area contributed by atoms with Gasteiger partial charge in [0.2, 0.25) is 0 Å². The van der Waals surface area contributed by atoms with Gasteiger partial charge in [-0.25, -0.2) is 9.37 Å². The van der Waals surface area contributed by atoms with Crippen molar-refractivity contribution in [2.45, 2.75) is 26.7 Å². The van der Waals surface area contributed by atoms with E-state index in [2.05, 4.69) is 4.98 Å². The van der Waals surface area contributed by atoms with E-state index in [1.807, 2.05) is 13.8 Å². The summed E-state index contributed by atoms with van der Waals surface area (Å²) in [6.07, 6.45) is 0. The zero-order valence-corrected chi connectivity index (χ0v) is 9.99. The van der Waals surface area contributed by atoms with Gasteiger partial charge in [-0.15, -0.1) is 0 Å². The van der Waals surface area contributed by atoms with Crippen molar-refractivity contribution in [2.75, 3.05) is 0 Å². The van der Waals surface area contributed by atoms with Crippen molar-refractivity contribution in [2.24, 2.45) is 0 Å². The Kier molecular flexibility index (Phi) is 2.88. The zero-order valence-electron chi connectivity index (χ0n) is 9.99. The largest absolute Gasteiger partial charge is 0.505 e. The summed E-state index contributed by atoms with van der Waals surface area (Å²) in [5, 5.41) is 9.33. The third-order valence-electron chi connectivity index (χ3n) is 2.53. The molecular formula is C13H14FNO2. The molecule has 0 aliphatic rings. The molecule has 0 amide bonds. The van der Waals surface area contributed by atoms with E-state index in [1.165, 1.54) is 12.1 Å². The molecule has 17 heavy (non-hydrogen) atoms. The van der Waals surface area contributed by atoms with Gasteiger partial charge in [0.1, 0.15) is 11.5 Å². The Labute approximate surface area is 98.9 Å².